The van der Waals surface area contributed by atoms with Crippen LogP contribution in [0.5, 0.6) is 0 Å². The molecule has 2 aromatic carbocycles. The molecule has 0 unspecified atom stereocenters. The molecule has 1 aliphatic heterocycles. The highest BCUT2D eigenvalue weighted by Crippen LogP contribution is 2.27. The first-order valence-corrected chi connectivity index (χ1v) is 6.85. The number of hydrogen-bond acceptors (Lipinski definition) is 2. The lowest BCUT2D eigenvalue weighted by Crippen LogP contribution is -2.15. The predicted molar refractivity (Wildman–Crippen MR) is 77.9 cm³/mol. The fourth-order valence-electron chi connectivity index (χ4n) is 2.45. The lowest BCUT2D eigenvalue weighted by molar-refractivity contribution is 0.275. The first kappa shape index (κ1) is 11.8. The van der Waals surface area contributed by atoms with Gasteiger partial charge in [-0.15, -0.1) is 0 Å². The number of rotatable bonds is 2. The van der Waals surface area contributed by atoms with Crippen molar-refractivity contribution in [2.45, 2.75) is 19.6 Å². The summed E-state index contributed by atoms with van der Waals surface area (Å²) in [5.74, 6) is 0. The third kappa shape index (κ3) is 2.28. The molecular formula is C15H15BrN2. The molecule has 0 bridgehead atoms. The quantitative estimate of drug-likeness (QED) is 0.860. The molecule has 0 aromatic heterocycles. The molecule has 0 amide bonds. The van der Waals surface area contributed by atoms with Gasteiger partial charge in [-0.05, 0) is 28.8 Å². The number of halogens is 1. The number of fused-ring (bicyclic) bond motifs is 1. The lowest BCUT2D eigenvalue weighted by Gasteiger charge is -2.16. The SMILES string of the molecule is Nc1ccc(CN2Cc3ccccc3C2)c(Br)c1. The standard InChI is InChI=1S/C15H15BrN2/c16-15-7-14(17)6-5-13(15)10-18-8-11-3-1-2-4-12(11)9-18/h1-7H,8-10,17H2. The average Bonchev–Trinajstić information content (AvgIpc) is 2.75. The monoisotopic (exact) mass is 302 g/mol. The van der Waals surface area contributed by atoms with E-state index < -0.39 is 0 Å². The van der Waals surface area contributed by atoms with E-state index >= 15 is 0 Å². The molecule has 3 heteroatoms. The molecule has 1 aliphatic rings. The average molecular weight is 303 g/mol. The first-order chi connectivity index (χ1) is 8.72. The molecule has 0 radical (unpaired) electrons. The Morgan fingerprint density at radius 3 is 2.33 bits per heavy atom. The number of benzene rings is 2. The van der Waals surface area contributed by atoms with Gasteiger partial charge in [0.05, 0.1) is 0 Å². The van der Waals surface area contributed by atoms with Crippen molar-refractivity contribution in [2.75, 3.05) is 5.73 Å². The van der Waals surface area contributed by atoms with Gasteiger partial charge in [-0.25, -0.2) is 0 Å². The van der Waals surface area contributed by atoms with Crippen LogP contribution in [0.3, 0.4) is 0 Å². The van der Waals surface area contributed by atoms with Gasteiger partial charge < -0.3 is 5.73 Å². The van der Waals surface area contributed by atoms with Gasteiger partial charge in [-0.2, -0.15) is 0 Å². The van der Waals surface area contributed by atoms with Gasteiger partial charge in [0, 0.05) is 29.8 Å². The highest BCUT2D eigenvalue weighted by atomic mass is 79.9. The zero-order valence-corrected chi connectivity index (χ0v) is 11.7. The van der Waals surface area contributed by atoms with Gasteiger partial charge in [0.1, 0.15) is 0 Å². The zero-order valence-electron chi connectivity index (χ0n) is 10.1. The summed E-state index contributed by atoms with van der Waals surface area (Å²) in [6.07, 6.45) is 0. The van der Waals surface area contributed by atoms with Crippen LogP contribution in [0.25, 0.3) is 0 Å². The minimum atomic E-state index is 0.801. The molecule has 0 saturated carbocycles. The van der Waals surface area contributed by atoms with Crippen LogP contribution in [0.1, 0.15) is 16.7 Å². The molecule has 1 heterocycles. The van der Waals surface area contributed by atoms with E-state index in [4.69, 9.17) is 5.73 Å². The molecular weight excluding hydrogens is 288 g/mol. The molecule has 0 atom stereocenters. The Balaban J connectivity index is 1.76. The predicted octanol–water partition coefficient (Wildman–Crippen LogP) is 3.55. The van der Waals surface area contributed by atoms with Crippen molar-refractivity contribution < 1.29 is 0 Å². The molecule has 0 saturated heterocycles. The van der Waals surface area contributed by atoms with Crippen molar-refractivity contribution in [2.24, 2.45) is 0 Å². The normalized spacial score (nSPS) is 14.7. The largest absolute Gasteiger partial charge is 0.399 e. The fraction of sp³-hybridized carbons (Fsp3) is 0.200. The third-order valence-electron chi connectivity index (χ3n) is 3.38. The van der Waals surface area contributed by atoms with Crippen molar-refractivity contribution in [1.82, 2.24) is 4.90 Å². The zero-order chi connectivity index (χ0) is 12.5. The van der Waals surface area contributed by atoms with Crippen molar-refractivity contribution in [3.8, 4) is 0 Å². The summed E-state index contributed by atoms with van der Waals surface area (Å²) in [7, 11) is 0. The Hall–Kier alpha value is -1.32. The summed E-state index contributed by atoms with van der Waals surface area (Å²) >= 11 is 3.58. The van der Waals surface area contributed by atoms with Gasteiger partial charge >= 0.3 is 0 Å². The number of nitrogens with two attached hydrogens (primary N) is 1. The van der Waals surface area contributed by atoms with Crippen molar-refractivity contribution in [3.05, 3.63) is 63.6 Å². The van der Waals surface area contributed by atoms with Crippen molar-refractivity contribution in [1.29, 1.82) is 0 Å². The van der Waals surface area contributed by atoms with Crippen LogP contribution >= 0.6 is 15.9 Å². The van der Waals surface area contributed by atoms with Crippen molar-refractivity contribution >= 4 is 21.6 Å². The summed E-state index contributed by atoms with van der Waals surface area (Å²) in [6.45, 7) is 3.02. The van der Waals surface area contributed by atoms with E-state index in [0.717, 1.165) is 29.8 Å². The maximum atomic E-state index is 5.76. The highest BCUT2D eigenvalue weighted by Gasteiger charge is 2.18. The van der Waals surface area contributed by atoms with Crippen LogP contribution in [-0.4, -0.2) is 4.90 Å². The van der Waals surface area contributed by atoms with Crippen LogP contribution in [0.2, 0.25) is 0 Å². The molecule has 0 spiro atoms. The van der Waals surface area contributed by atoms with Crippen molar-refractivity contribution in [3.63, 3.8) is 0 Å². The second-order valence-corrected chi connectivity index (χ2v) is 5.62. The van der Waals surface area contributed by atoms with E-state index in [9.17, 15) is 0 Å². The Labute approximate surface area is 116 Å². The highest BCUT2D eigenvalue weighted by molar-refractivity contribution is 9.10. The Kier molecular flexibility index (Phi) is 3.10. The number of anilines is 1. The Bertz CT molecular complexity index is 555. The minimum absolute atomic E-state index is 0.801. The molecule has 3 rings (SSSR count). The number of hydrogen-bond donors (Lipinski definition) is 1. The molecule has 0 aliphatic carbocycles. The number of nitrogen functional groups attached to an aromatic ring is 1. The molecule has 0 fully saturated rings. The van der Waals surface area contributed by atoms with E-state index in [2.05, 4.69) is 51.2 Å². The topological polar surface area (TPSA) is 29.3 Å². The van der Waals surface area contributed by atoms with E-state index in [-0.39, 0.29) is 0 Å². The van der Waals surface area contributed by atoms with Gasteiger partial charge in [-0.1, -0.05) is 46.3 Å². The second-order valence-electron chi connectivity index (χ2n) is 4.76. The molecule has 92 valence electrons. The molecule has 18 heavy (non-hydrogen) atoms. The van der Waals surface area contributed by atoms with Gasteiger partial charge in [0.25, 0.3) is 0 Å². The van der Waals surface area contributed by atoms with Gasteiger partial charge in [-0.3, -0.25) is 4.90 Å². The first-order valence-electron chi connectivity index (χ1n) is 6.05. The van der Waals surface area contributed by atoms with Crippen LogP contribution in [0.4, 0.5) is 5.69 Å². The van der Waals surface area contributed by atoms with Crippen LogP contribution in [0, 0.1) is 0 Å². The van der Waals surface area contributed by atoms with Crippen LogP contribution < -0.4 is 5.73 Å². The Morgan fingerprint density at radius 1 is 1.06 bits per heavy atom. The summed E-state index contributed by atoms with van der Waals surface area (Å²) in [6, 6.07) is 14.7. The minimum Gasteiger partial charge on any atom is -0.399 e. The van der Waals surface area contributed by atoms with Crippen LogP contribution in [0.15, 0.2) is 46.9 Å². The summed E-state index contributed by atoms with van der Waals surface area (Å²) < 4.78 is 1.10. The fourth-order valence-corrected chi connectivity index (χ4v) is 2.97. The maximum absolute atomic E-state index is 5.76. The second kappa shape index (κ2) is 4.75. The van der Waals surface area contributed by atoms with E-state index in [1.54, 1.807) is 0 Å². The summed E-state index contributed by atoms with van der Waals surface area (Å²) in [4.78, 5) is 2.45. The summed E-state index contributed by atoms with van der Waals surface area (Å²) in [5, 5.41) is 0. The summed E-state index contributed by atoms with van der Waals surface area (Å²) in [5.41, 5.74) is 10.7. The van der Waals surface area contributed by atoms with E-state index in [1.807, 2.05) is 12.1 Å². The van der Waals surface area contributed by atoms with Gasteiger partial charge in [0.2, 0.25) is 0 Å². The van der Waals surface area contributed by atoms with E-state index in [0.29, 0.717) is 0 Å². The third-order valence-corrected chi connectivity index (χ3v) is 4.12. The van der Waals surface area contributed by atoms with Gasteiger partial charge in [0.15, 0.2) is 0 Å². The number of nitrogens with zero attached hydrogens (tertiary/aromatic N) is 1. The lowest BCUT2D eigenvalue weighted by atomic mass is 10.1. The molecule has 2 nitrogen and oxygen atoms in total. The van der Waals surface area contributed by atoms with Crippen LogP contribution in [-0.2, 0) is 19.6 Å². The van der Waals surface area contributed by atoms with E-state index in [1.165, 1.54) is 16.7 Å². The molecule has 2 N–H and O–H groups in total. The smallest absolute Gasteiger partial charge is 0.0325 e. The molecule has 2 aromatic rings. The maximum Gasteiger partial charge on any atom is 0.0325 e. The Morgan fingerprint density at radius 2 is 1.72 bits per heavy atom.